The Morgan fingerprint density at radius 3 is 2.96 bits per heavy atom. The molecule has 0 spiro atoms. The van der Waals surface area contributed by atoms with Crippen molar-refractivity contribution in [2.24, 2.45) is 5.92 Å². The molecule has 7 heteroatoms. The summed E-state index contributed by atoms with van der Waals surface area (Å²) in [5, 5.41) is 15.9. The van der Waals surface area contributed by atoms with Gasteiger partial charge in [0, 0.05) is 32.6 Å². The van der Waals surface area contributed by atoms with Crippen LogP contribution in [0.2, 0.25) is 0 Å². The van der Waals surface area contributed by atoms with E-state index in [4.69, 9.17) is 9.52 Å². The largest absolute Gasteiger partial charge is 0.408 e. The Hall–Kier alpha value is -1.89. The molecule has 0 bridgehead atoms. The van der Waals surface area contributed by atoms with Crippen molar-refractivity contribution >= 4 is 6.01 Å². The van der Waals surface area contributed by atoms with E-state index in [9.17, 15) is 0 Å². The first-order valence-corrected chi connectivity index (χ1v) is 8.98. The van der Waals surface area contributed by atoms with Crippen LogP contribution >= 0.6 is 0 Å². The lowest BCUT2D eigenvalue weighted by Crippen LogP contribution is -2.27. The maximum atomic E-state index is 5.55. The third-order valence-corrected chi connectivity index (χ3v) is 4.12. The normalized spacial score (nSPS) is 15.5. The summed E-state index contributed by atoms with van der Waals surface area (Å²) in [7, 11) is 0. The highest BCUT2D eigenvalue weighted by atomic mass is 16.4. The fraction of sp³-hybridized carbons (Fsp3) is 0.706. The lowest BCUT2D eigenvalue weighted by Gasteiger charge is -2.21. The molecule has 0 aromatic carbocycles. The van der Waals surface area contributed by atoms with Crippen molar-refractivity contribution in [3.05, 3.63) is 23.3 Å². The van der Waals surface area contributed by atoms with Crippen LogP contribution in [-0.4, -0.2) is 38.0 Å². The van der Waals surface area contributed by atoms with Crippen LogP contribution in [0.1, 0.15) is 50.9 Å². The van der Waals surface area contributed by atoms with Crippen LogP contribution in [0.5, 0.6) is 0 Å². The number of rotatable bonds is 7. The summed E-state index contributed by atoms with van der Waals surface area (Å²) < 4.78 is 7.70. The van der Waals surface area contributed by atoms with Crippen molar-refractivity contribution in [2.75, 3.05) is 18.4 Å². The maximum Gasteiger partial charge on any atom is 0.315 e. The molecule has 7 nitrogen and oxygen atoms in total. The maximum absolute atomic E-state index is 5.55. The molecule has 0 aliphatic carbocycles. The van der Waals surface area contributed by atoms with Crippen molar-refractivity contribution in [1.29, 1.82) is 0 Å². The second-order valence-electron chi connectivity index (χ2n) is 6.94. The molecule has 0 radical (unpaired) electrons. The Bertz CT molecular complexity index is 647. The van der Waals surface area contributed by atoms with E-state index in [1.807, 2.05) is 0 Å². The predicted molar refractivity (Wildman–Crippen MR) is 92.6 cm³/mol. The minimum atomic E-state index is 0.475. The van der Waals surface area contributed by atoms with Gasteiger partial charge in [-0.05, 0) is 24.8 Å². The smallest absolute Gasteiger partial charge is 0.315 e. The topological polar surface area (TPSA) is 72.0 Å². The number of hydrogen-bond acceptors (Lipinski definition) is 6. The quantitative estimate of drug-likeness (QED) is 0.840. The van der Waals surface area contributed by atoms with Crippen molar-refractivity contribution < 1.29 is 4.42 Å². The molecule has 3 rings (SSSR count). The zero-order valence-corrected chi connectivity index (χ0v) is 15.0. The van der Waals surface area contributed by atoms with Crippen molar-refractivity contribution in [3.63, 3.8) is 0 Å². The van der Waals surface area contributed by atoms with E-state index in [-0.39, 0.29) is 0 Å². The van der Waals surface area contributed by atoms with Crippen LogP contribution in [0.4, 0.5) is 6.01 Å². The lowest BCUT2D eigenvalue weighted by molar-refractivity contribution is 0.239. The summed E-state index contributed by atoms with van der Waals surface area (Å²) in [4.78, 5) is 2.53. The number of anilines is 1. The molecule has 0 saturated carbocycles. The van der Waals surface area contributed by atoms with Crippen molar-refractivity contribution in [2.45, 2.75) is 59.7 Å². The van der Waals surface area contributed by atoms with E-state index < -0.39 is 0 Å². The van der Waals surface area contributed by atoms with Gasteiger partial charge in [-0.25, -0.2) is 0 Å². The van der Waals surface area contributed by atoms with E-state index in [0.717, 1.165) is 51.1 Å². The lowest BCUT2D eigenvalue weighted by atomic mass is 10.2. The standard InChI is InChI=1S/C17H28N6O/c1-4-6-16-19-20-17(24-16)18-10-14-9-15-12-22(11-13(2)3)7-5-8-23(15)21-14/h9,13H,4-8,10-12H2,1-3H3,(H,18,20). The number of aryl methyl sites for hydroxylation is 2. The number of hydrogen-bond donors (Lipinski definition) is 1. The van der Waals surface area contributed by atoms with Gasteiger partial charge >= 0.3 is 6.01 Å². The van der Waals surface area contributed by atoms with Gasteiger partial charge in [-0.2, -0.15) is 5.10 Å². The molecular formula is C17H28N6O. The summed E-state index contributed by atoms with van der Waals surface area (Å²) in [6, 6.07) is 2.66. The van der Waals surface area contributed by atoms with E-state index >= 15 is 0 Å². The number of nitrogens with zero attached hydrogens (tertiary/aromatic N) is 5. The van der Waals surface area contributed by atoms with Gasteiger partial charge in [-0.1, -0.05) is 25.9 Å². The van der Waals surface area contributed by atoms with Crippen LogP contribution in [-0.2, 0) is 26.1 Å². The number of fused-ring (bicyclic) bond motifs is 1. The Balaban J connectivity index is 1.59. The number of nitrogens with one attached hydrogen (secondary N) is 1. The summed E-state index contributed by atoms with van der Waals surface area (Å²) in [6.45, 7) is 11.5. The van der Waals surface area contributed by atoms with Crippen LogP contribution in [0.3, 0.4) is 0 Å². The number of aromatic nitrogens is 4. The predicted octanol–water partition coefficient (Wildman–Crippen LogP) is 2.69. The molecule has 0 unspecified atom stereocenters. The van der Waals surface area contributed by atoms with E-state index in [1.165, 1.54) is 5.69 Å². The molecule has 0 saturated heterocycles. The third-order valence-electron chi connectivity index (χ3n) is 4.12. The van der Waals surface area contributed by atoms with Crippen molar-refractivity contribution in [3.8, 4) is 0 Å². The molecule has 0 amide bonds. The van der Waals surface area contributed by atoms with Crippen LogP contribution in [0.25, 0.3) is 0 Å². The van der Waals surface area contributed by atoms with E-state index in [1.54, 1.807) is 0 Å². The highest BCUT2D eigenvalue weighted by Gasteiger charge is 2.17. The van der Waals surface area contributed by atoms with Gasteiger partial charge < -0.3 is 9.73 Å². The minimum absolute atomic E-state index is 0.475. The van der Waals surface area contributed by atoms with Gasteiger partial charge in [-0.15, -0.1) is 5.10 Å². The molecule has 1 aliphatic heterocycles. The van der Waals surface area contributed by atoms with E-state index in [0.29, 0.717) is 24.4 Å². The SMILES string of the molecule is CCCc1nnc(NCc2cc3n(n2)CCCN(CC(C)C)C3)o1. The molecule has 2 aromatic rings. The van der Waals surface area contributed by atoms with Gasteiger partial charge in [-0.3, -0.25) is 9.58 Å². The zero-order chi connectivity index (χ0) is 16.9. The monoisotopic (exact) mass is 332 g/mol. The molecule has 0 fully saturated rings. The first-order valence-electron chi connectivity index (χ1n) is 8.98. The average Bonchev–Trinajstić information content (AvgIpc) is 3.08. The Morgan fingerprint density at radius 2 is 2.17 bits per heavy atom. The van der Waals surface area contributed by atoms with Gasteiger partial charge in [0.15, 0.2) is 0 Å². The second kappa shape index (κ2) is 7.79. The van der Waals surface area contributed by atoms with Gasteiger partial charge in [0.05, 0.1) is 17.9 Å². The van der Waals surface area contributed by atoms with Crippen LogP contribution in [0, 0.1) is 5.92 Å². The molecule has 1 aliphatic rings. The fourth-order valence-corrected chi connectivity index (χ4v) is 3.15. The summed E-state index contributed by atoms with van der Waals surface area (Å²) in [5.74, 6) is 1.38. The molecule has 1 N–H and O–H groups in total. The Labute approximate surface area is 143 Å². The zero-order valence-electron chi connectivity index (χ0n) is 15.0. The second-order valence-corrected chi connectivity index (χ2v) is 6.94. The Morgan fingerprint density at radius 1 is 1.29 bits per heavy atom. The van der Waals surface area contributed by atoms with Gasteiger partial charge in [0.1, 0.15) is 0 Å². The average molecular weight is 332 g/mol. The molecule has 132 valence electrons. The highest BCUT2D eigenvalue weighted by molar-refractivity contribution is 5.21. The highest BCUT2D eigenvalue weighted by Crippen LogP contribution is 2.16. The van der Waals surface area contributed by atoms with E-state index in [2.05, 4.69) is 51.9 Å². The van der Waals surface area contributed by atoms with Crippen molar-refractivity contribution in [1.82, 2.24) is 24.9 Å². The van der Waals surface area contributed by atoms with Crippen LogP contribution < -0.4 is 5.32 Å². The van der Waals surface area contributed by atoms with Gasteiger partial charge in [0.2, 0.25) is 5.89 Å². The Kier molecular flexibility index (Phi) is 5.50. The fourth-order valence-electron chi connectivity index (χ4n) is 3.15. The molecular weight excluding hydrogens is 304 g/mol. The molecule has 2 aromatic heterocycles. The summed E-state index contributed by atoms with van der Waals surface area (Å²) in [5.41, 5.74) is 2.31. The first kappa shape index (κ1) is 17.0. The molecule has 0 atom stereocenters. The third kappa shape index (κ3) is 4.35. The molecule has 24 heavy (non-hydrogen) atoms. The molecule has 3 heterocycles. The minimum Gasteiger partial charge on any atom is -0.408 e. The summed E-state index contributed by atoms with van der Waals surface area (Å²) in [6.07, 6.45) is 2.97. The van der Waals surface area contributed by atoms with Crippen LogP contribution in [0.15, 0.2) is 10.5 Å². The summed E-state index contributed by atoms with van der Waals surface area (Å²) >= 11 is 0. The first-order chi connectivity index (χ1) is 11.6. The van der Waals surface area contributed by atoms with Gasteiger partial charge in [0.25, 0.3) is 0 Å².